The molecule has 0 saturated heterocycles. The number of benzene rings is 2. The van der Waals surface area contributed by atoms with Gasteiger partial charge in [0.15, 0.2) is 0 Å². The van der Waals surface area contributed by atoms with Gasteiger partial charge in [-0.05, 0) is 34.8 Å². The summed E-state index contributed by atoms with van der Waals surface area (Å²) < 4.78 is 0. The number of nitriles is 1. The lowest BCUT2D eigenvalue weighted by atomic mass is 9.86. The maximum Gasteiger partial charge on any atom is 0.269 e. The second-order valence-electron chi connectivity index (χ2n) is 7.38. The van der Waals surface area contributed by atoms with E-state index in [1.807, 2.05) is 23.6 Å². The van der Waals surface area contributed by atoms with Gasteiger partial charge in [0.1, 0.15) is 11.1 Å². The molecule has 28 heavy (non-hydrogen) atoms. The van der Waals surface area contributed by atoms with E-state index in [0.29, 0.717) is 16.3 Å². The molecule has 2 aromatic carbocycles. The molecule has 6 heteroatoms. The molecular formula is C22H19N3O2S. The Morgan fingerprint density at radius 3 is 2.32 bits per heavy atom. The highest BCUT2D eigenvalue weighted by molar-refractivity contribution is 7.11. The van der Waals surface area contributed by atoms with Crippen LogP contribution in [0.5, 0.6) is 0 Å². The van der Waals surface area contributed by atoms with Crippen molar-refractivity contribution >= 4 is 28.7 Å². The fraction of sp³-hybridized carbons (Fsp3) is 0.182. The number of non-ortho nitro benzene ring substituents is 1. The van der Waals surface area contributed by atoms with Crippen molar-refractivity contribution < 1.29 is 4.92 Å². The highest BCUT2D eigenvalue weighted by Gasteiger charge is 2.14. The van der Waals surface area contributed by atoms with E-state index in [1.54, 1.807) is 12.1 Å². The zero-order chi connectivity index (χ0) is 20.3. The lowest BCUT2D eigenvalue weighted by molar-refractivity contribution is -0.384. The molecule has 3 aromatic rings. The van der Waals surface area contributed by atoms with Crippen molar-refractivity contribution in [3.63, 3.8) is 0 Å². The predicted molar refractivity (Wildman–Crippen MR) is 113 cm³/mol. The number of hydrogen-bond acceptors (Lipinski definition) is 5. The summed E-state index contributed by atoms with van der Waals surface area (Å²) in [6, 6.07) is 16.6. The van der Waals surface area contributed by atoms with Gasteiger partial charge >= 0.3 is 0 Å². The zero-order valence-electron chi connectivity index (χ0n) is 15.8. The first-order chi connectivity index (χ1) is 13.3. The molecule has 0 spiro atoms. The smallest absolute Gasteiger partial charge is 0.258 e. The molecule has 0 unspecified atom stereocenters. The number of nitro benzene ring substituents is 1. The Bertz CT molecular complexity index is 1070. The lowest BCUT2D eigenvalue weighted by Gasteiger charge is -2.18. The summed E-state index contributed by atoms with van der Waals surface area (Å²) in [7, 11) is 0. The van der Waals surface area contributed by atoms with Crippen molar-refractivity contribution in [2.75, 3.05) is 0 Å². The van der Waals surface area contributed by atoms with E-state index in [2.05, 4.69) is 44.0 Å². The Kier molecular flexibility index (Phi) is 5.39. The monoisotopic (exact) mass is 389 g/mol. The molecule has 0 atom stereocenters. The lowest BCUT2D eigenvalue weighted by Crippen LogP contribution is -2.10. The second-order valence-corrected chi connectivity index (χ2v) is 8.24. The van der Waals surface area contributed by atoms with Crippen molar-refractivity contribution in [1.82, 2.24) is 4.98 Å². The van der Waals surface area contributed by atoms with Crippen molar-refractivity contribution in [3.8, 4) is 17.3 Å². The Hall–Kier alpha value is -3.30. The molecule has 0 amide bonds. The minimum Gasteiger partial charge on any atom is -0.258 e. The van der Waals surface area contributed by atoms with Crippen LogP contribution in [0.1, 0.15) is 36.9 Å². The van der Waals surface area contributed by atoms with Crippen LogP contribution < -0.4 is 0 Å². The molecule has 140 valence electrons. The quantitative estimate of drug-likeness (QED) is 0.308. The first-order valence-corrected chi connectivity index (χ1v) is 9.59. The summed E-state index contributed by atoms with van der Waals surface area (Å²) >= 11 is 1.38. The fourth-order valence-corrected chi connectivity index (χ4v) is 3.47. The fourth-order valence-electron chi connectivity index (χ4n) is 2.67. The Labute approximate surface area is 167 Å². The number of thiazole rings is 1. The van der Waals surface area contributed by atoms with E-state index in [-0.39, 0.29) is 11.1 Å². The van der Waals surface area contributed by atoms with Gasteiger partial charge in [0.05, 0.1) is 16.2 Å². The SMILES string of the molecule is CC(C)(C)c1ccc(/C=C(\C#N)c2nc(-c3ccc([N+](=O)[O-])cc3)cs2)cc1. The molecule has 0 bridgehead atoms. The van der Waals surface area contributed by atoms with Gasteiger partial charge in [0, 0.05) is 23.1 Å². The molecule has 1 aromatic heterocycles. The van der Waals surface area contributed by atoms with E-state index >= 15 is 0 Å². The summed E-state index contributed by atoms with van der Waals surface area (Å²) in [5.74, 6) is 0. The topological polar surface area (TPSA) is 79.8 Å². The number of rotatable bonds is 4. The average molecular weight is 389 g/mol. The molecule has 0 aliphatic carbocycles. The Morgan fingerprint density at radius 2 is 1.79 bits per heavy atom. The summed E-state index contributed by atoms with van der Waals surface area (Å²) in [5.41, 5.74) is 4.25. The van der Waals surface area contributed by atoms with E-state index in [9.17, 15) is 15.4 Å². The largest absolute Gasteiger partial charge is 0.269 e. The first-order valence-electron chi connectivity index (χ1n) is 8.71. The number of aromatic nitrogens is 1. The number of nitro groups is 1. The van der Waals surface area contributed by atoms with Crippen LogP contribution in [0.25, 0.3) is 22.9 Å². The highest BCUT2D eigenvalue weighted by Crippen LogP contribution is 2.29. The Balaban J connectivity index is 1.87. The van der Waals surface area contributed by atoms with Gasteiger partial charge in [0.2, 0.25) is 0 Å². The number of hydrogen-bond donors (Lipinski definition) is 0. The van der Waals surface area contributed by atoms with Crippen LogP contribution in [0.2, 0.25) is 0 Å². The third-order valence-corrected chi connectivity index (χ3v) is 5.19. The minimum absolute atomic E-state index is 0.0375. The van der Waals surface area contributed by atoms with Crippen molar-refractivity contribution in [1.29, 1.82) is 5.26 Å². The summed E-state index contributed by atoms with van der Waals surface area (Å²) in [4.78, 5) is 14.9. The third kappa shape index (κ3) is 4.33. The van der Waals surface area contributed by atoms with Gasteiger partial charge in [-0.3, -0.25) is 10.1 Å². The van der Waals surface area contributed by atoms with Gasteiger partial charge in [-0.15, -0.1) is 11.3 Å². The normalized spacial score (nSPS) is 11.9. The molecule has 0 aliphatic heterocycles. The molecule has 1 heterocycles. The van der Waals surface area contributed by atoms with Crippen molar-refractivity contribution in [2.45, 2.75) is 26.2 Å². The predicted octanol–water partition coefficient (Wildman–Crippen LogP) is 6.08. The van der Waals surface area contributed by atoms with Crippen LogP contribution in [0, 0.1) is 21.4 Å². The second kappa shape index (κ2) is 7.75. The third-order valence-electron chi connectivity index (χ3n) is 4.32. The maximum atomic E-state index is 10.8. The van der Waals surface area contributed by atoms with Gasteiger partial charge in [-0.2, -0.15) is 5.26 Å². The van der Waals surface area contributed by atoms with E-state index in [4.69, 9.17) is 0 Å². The summed E-state index contributed by atoms with van der Waals surface area (Å²) in [6.07, 6.45) is 1.82. The molecule has 0 radical (unpaired) electrons. The number of allylic oxidation sites excluding steroid dienone is 1. The van der Waals surface area contributed by atoms with Crippen LogP contribution in [-0.4, -0.2) is 9.91 Å². The minimum atomic E-state index is -0.433. The van der Waals surface area contributed by atoms with Gasteiger partial charge in [-0.1, -0.05) is 45.0 Å². The van der Waals surface area contributed by atoms with Gasteiger partial charge in [-0.25, -0.2) is 4.98 Å². The van der Waals surface area contributed by atoms with E-state index < -0.39 is 4.92 Å². The number of nitrogens with zero attached hydrogens (tertiary/aromatic N) is 3. The molecule has 0 aliphatic rings. The van der Waals surface area contributed by atoms with Crippen LogP contribution in [0.4, 0.5) is 5.69 Å². The maximum absolute atomic E-state index is 10.8. The molecule has 0 fully saturated rings. The van der Waals surface area contributed by atoms with Crippen LogP contribution >= 0.6 is 11.3 Å². The Morgan fingerprint density at radius 1 is 1.14 bits per heavy atom. The first kappa shape index (κ1) is 19.5. The van der Waals surface area contributed by atoms with Gasteiger partial charge < -0.3 is 0 Å². The molecule has 0 saturated carbocycles. The van der Waals surface area contributed by atoms with Crippen molar-refractivity contribution in [3.05, 3.63) is 80.2 Å². The van der Waals surface area contributed by atoms with Gasteiger partial charge in [0.25, 0.3) is 5.69 Å². The molecular weight excluding hydrogens is 370 g/mol. The van der Waals surface area contributed by atoms with Crippen LogP contribution in [0.15, 0.2) is 53.9 Å². The molecule has 3 rings (SSSR count). The summed E-state index contributed by atoms with van der Waals surface area (Å²) in [5, 5.41) is 22.8. The van der Waals surface area contributed by atoms with Crippen molar-refractivity contribution in [2.24, 2.45) is 0 Å². The summed E-state index contributed by atoms with van der Waals surface area (Å²) in [6.45, 7) is 6.48. The van der Waals surface area contributed by atoms with Crippen LogP contribution in [-0.2, 0) is 5.41 Å². The zero-order valence-corrected chi connectivity index (χ0v) is 16.7. The average Bonchev–Trinajstić information content (AvgIpc) is 3.16. The highest BCUT2D eigenvalue weighted by atomic mass is 32.1. The van der Waals surface area contributed by atoms with E-state index in [0.717, 1.165) is 11.1 Å². The van der Waals surface area contributed by atoms with Crippen LogP contribution in [0.3, 0.4) is 0 Å². The van der Waals surface area contributed by atoms with E-state index in [1.165, 1.54) is 29.0 Å². The standard InChI is InChI=1S/C22H19N3O2S/c1-22(2,3)18-8-4-15(5-9-18)12-17(13-23)21-24-20(14-28-21)16-6-10-19(11-7-16)25(26)27/h4-12,14H,1-3H3/b17-12+. The molecule has 0 N–H and O–H groups in total. The molecule has 5 nitrogen and oxygen atoms in total.